The zero-order chi connectivity index (χ0) is 21.1. The van der Waals surface area contributed by atoms with Gasteiger partial charge in [-0.2, -0.15) is 0 Å². The van der Waals surface area contributed by atoms with Crippen molar-refractivity contribution in [1.29, 1.82) is 0 Å². The molecule has 0 saturated heterocycles. The summed E-state index contributed by atoms with van der Waals surface area (Å²) in [6.07, 6.45) is 0. The van der Waals surface area contributed by atoms with Gasteiger partial charge < -0.3 is 15.1 Å². The number of rotatable bonds is 4. The number of nitrogens with one attached hydrogen (secondary N) is 2. The molecule has 0 aliphatic rings. The molecule has 0 aliphatic heterocycles. The highest BCUT2D eigenvalue weighted by molar-refractivity contribution is 7.80. The number of para-hydroxylation sites is 1. The second-order valence-electron chi connectivity index (χ2n) is 6.78. The van der Waals surface area contributed by atoms with Gasteiger partial charge in [0.25, 0.3) is 0 Å². The van der Waals surface area contributed by atoms with Crippen LogP contribution in [0.15, 0.2) is 88.1 Å². The molecule has 0 radical (unpaired) electrons. The van der Waals surface area contributed by atoms with Crippen LogP contribution in [0.3, 0.4) is 0 Å². The quantitative estimate of drug-likeness (QED) is 0.274. The largest absolute Gasteiger partial charge is 0.423 e. The molecule has 1 heterocycles. The van der Waals surface area contributed by atoms with E-state index >= 15 is 0 Å². The number of fused-ring (bicyclic) bond motifs is 1. The number of carbonyl (C=O) groups is 1. The first-order chi connectivity index (χ1) is 14.5. The van der Waals surface area contributed by atoms with Gasteiger partial charge in [0.05, 0.1) is 5.69 Å². The zero-order valence-electron chi connectivity index (χ0n) is 16.1. The zero-order valence-corrected chi connectivity index (χ0v) is 17.0. The van der Waals surface area contributed by atoms with Gasteiger partial charge in [0, 0.05) is 34.3 Å². The topological polar surface area (TPSA) is 71.3 Å². The molecule has 0 saturated carbocycles. The molecule has 0 aliphatic carbocycles. The average molecular weight is 414 g/mol. The summed E-state index contributed by atoms with van der Waals surface area (Å²) in [4.78, 5) is 24.5. The number of hydrogen-bond donors (Lipinski definition) is 2. The molecule has 3 aromatic carbocycles. The summed E-state index contributed by atoms with van der Waals surface area (Å²) >= 11 is 5.43. The Kier molecular flexibility index (Phi) is 5.41. The molecule has 5 nitrogen and oxygen atoms in total. The highest BCUT2D eigenvalue weighted by atomic mass is 32.1. The van der Waals surface area contributed by atoms with E-state index in [1.165, 1.54) is 6.07 Å². The Morgan fingerprint density at radius 1 is 0.900 bits per heavy atom. The SMILES string of the molecule is Cc1cc(=O)oc2cc(NC(=S)Nc3ccccc3C(=O)c3ccccc3)ccc12. The first kappa shape index (κ1) is 19.5. The van der Waals surface area contributed by atoms with Crippen molar-refractivity contribution in [2.45, 2.75) is 6.92 Å². The van der Waals surface area contributed by atoms with E-state index in [9.17, 15) is 9.59 Å². The summed E-state index contributed by atoms with van der Waals surface area (Å²) in [6.45, 7) is 1.86. The molecule has 0 fully saturated rings. The lowest BCUT2D eigenvalue weighted by atomic mass is 10.0. The van der Waals surface area contributed by atoms with Crippen LogP contribution in [-0.4, -0.2) is 10.9 Å². The number of hydrogen-bond acceptors (Lipinski definition) is 4. The Bertz CT molecular complexity index is 1310. The molecular weight excluding hydrogens is 396 g/mol. The minimum absolute atomic E-state index is 0.0931. The van der Waals surface area contributed by atoms with E-state index < -0.39 is 5.63 Å². The average Bonchev–Trinajstić information content (AvgIpc) is 2.74. The Morgan fingerprint density at radius 3 is 2.43 bits per heavy atom. The summed E-state index contributed by atoms with van der Waals surface area (Å²) in [7, 11) is 0. The van der Waals surface area contributed by atoms with Crippen molar-refractivity contribution >= 4 is 45.5 Å². The van der Waals surface area contributed by atoms with Gasteiger partial charge in [-0.3, -0.25) is 4.79 Å². The van der Waals surface area contributed by atoms with Gasteiger partial charge in [0.1, 0.15) is 5.58 Å². The molecule has 0 spiro atoms. The predicted octanol–water partition coefficient (Wildman–Crippen LogP) is 5.14. The van der Waals surface area contributed by atoms with Gasteiger partial charge in [-0.05, 0) is 49.0 Å². The van der Waals surface area contributed by atoms with Crippen molar-refractivity contribution < 1.29 is 9.21 Å². The van der Waals surface area contributed by atoms with Crippen molar-refractivity contribution in [2.24, 2.45) is 0 Å². The van der Waals surface area contributed by atoms with E-state index in [-0.39, 0.29) is 5.78 Å². The molecule has 148 valence electrons. The summed E-state index contributed by atoms with van der Waals surface area (Å²) in [5, 5.41) is 7.34. The third-order valence-corrected chi connectivity index (χ3v) is 4.87. The van der Waals surface area contributed by atoms with Gasteiger partial charge in [0.15, 0.2) is 10.9 Å². The van der Waals surface area contributed by atoms with Gasteiger partial charge >= 0.3 is 5.63 Å². The van der Waals surface area contributed by atoms with E-state index in [0.29, 0.717) is 33.2 Å². The Labute approximate surface area is 178 Å². The van der Waals surface area contributed by atoms with Crippen molar-refractivity contribution in [3.63, 3.8) is 0 Å². The Hall–Kier alpha value is -3.77. The maximum Gasteiger partial charge on any atom is 0.336 e. The molecular formula is C24H18N2O3S. The molecule has 0 atom stereocenters. The van der Waals surface area contributed by atoms with E-state index in [2.05, 4.69) is 10.6 Å². The molecule has 2 N–H and O–H groups in total. The molecule has 4 rings (SSSR count). The molecule has 0 amide bonds. The predicted molar refractivity (Wildman–Crippen MR) is 123 cm³/mol. The van der Waals surface area contributed by atoms with E-state index in [1.54, 1.807) is 30.3 Å². The summed E-state index contributed by atoms with van der Waals surface area (Å²) in [6, 6.07) is 23.2. The highest BCUT2D eigenvalue weighted by Gasteiger charge is 2.14. The Morgan fingerprint density at radius 2 is 1.63 bits per heavy atom. The fraction of sp³-hybridized carbons (Fsp3) is 0.0417. The van der Waals surface area contributed by atoms with Crippen LogP contribution >= 0.6 is 12.2 Å². The van der Waals surface area contributed by atoms with Crippen molar-refractivity contribution in [3.05, 3.63) is 106 Å². The third kappa shape index (κ3) is 4.14. The molecule has 1 aromatic heterocycles. The van der Waals surface area contributed by atoms with Crippen LogP contribution in [0, 0.1) is 6.92 Å². The number of thiocarbonyl (C=S) groups is 1. The second-order valence-corrected chi connectivity index (χ2v) is 7.19. The lowest BCUT2D eigenvalue weighted by Crippen LogP contribution is -2.20. The number of carbonyl (C=O) groups excluding carboxylic acids is 1. The van der Waals surface area contributed by atoms with Crippen molar-refractivity contribution in [1.82, 2.24) is 0 Å². The first-order valence-electron chi connectivity index (χ1n) is 9.32. The lowest BCUT2D eigenvalue weighted by molar-refractivity contribution is 0.103. The van der Waals surface area contributed by atoms with Crippen LogP contribution in [0.4, 0.5) is 11.4 Å². The van der Waals surface area contributed by atoms with E-state index in [0.717, 1.165) is 10.9 Å². The maximum absolute atomic E-state index is 12.9. The number of ketones is 1. The fourth-order valence-electron chi connectivity index (χ4n) is 3.22. The number of benzene rings is 3. The second kappa shape index (κ2) is 8.31. The molecule has 6 heteroatoms. The van der Waals surface area contributed by atoms with Crippen LogP contribution in [0.5, 0.6) is 0 Å². The molecule has 0 unspecified atom stereocenters. The normalized spacial score (nSPS) is 10.6. The Balaban J connectivity index is 1.56. The standard InChI is InChI=1S/C24H18N2O3S/c1-15-13-22(27)29-21-14-17(11-12-18(15)21)25-24(30)26-20-10-6-5-9-19(20)23(28)16-7-3-2-4-8-16/h2-14H,1H3,(H2,25,26,30). The van der Waals surface area contributed by atoms with Gasteiger partial charge in [-0.15, -0.1) is 0 Å². The molecule has 4 aromatic rings. The van der Waals surface area contributed by atoms with Crippen LogP contribution in [0.1, 0.15) is 21.5 Å². The molecule has 30 heavy (non-hydrogen) atoms. The van der Waals surface area contributed by atoms with Gasteiger partial charge in [-0.25, -0.2) is 4.79 Å². The van der Waals surface area contributed by atoms with E-state index in [4.69, 9.17) is 16.6 Å². The minimum atomic E-state index is -0.397. The first-order valence-corrected chi connectivity index (χ1v) is 9.73. The smallest absolute Gasteiger partial charge is 0.336 e. The summed E-state index contributed by atoms with van der Waals surface area (Å²) in [5.74, 6) is -0.0931. The maximum atomic E-state index is 12.9. The summed E-state index contributed by atoms with van der Waals surface area (Å²) in [5.41, 5.74) is 3.33. The van der Waals surface area contributed by atoms with Crippen LogP contribution in [0.2, 0.25) is 0 Å². The van der Waals surface area contributed by atoms with Crippen LogP contribution < -0.4 is 16.3 Å². The van der Waals surface area contributed by atoms with Crippen LogP contribution in [0.25, 0.3) is 11.0 Å². The number of anilines is 2. The highest BCUT2D eigenvalue weighted by Crippen LogP contribution is 2.22. The van der Waals surface area contributed by atoms with E-state index in [1.807, 2.05) is 49.4 Å². The van der Waals surface area contributed by atoms with Crippen molar-refractivity contribution in [2.75, 3.05) is 10.6 Å². The molecule has 0 bridgehead atoms. The van der Waals surface area contributed by atoms with Gasteiger partial charge in [-0.1, -0.05) is 42.5 Å². The number of aryl methyl sites for hydroxylation is 1. The monoisotopic (exact) mass is 414 g/mol. The summed E-state index contributed by atoms with van der Waals surface area (Å²) < 4.78 is 5.28. The fourth-order valence-corrected chi connectivity index (χ4v) is 3.45. The van der Waals surface area contributed by atoms with Crippen LogP contribution in [-0.2, 0) is 0 Å². The van der Waals surface area contributed by atoms with Crippen molar-refractivity contribution in [3.8, 4) is 0 Å². The lowest BCUT2D eigenvalue weighted by Gasteiger charge is -2.14. The van der Waals surface area contributed by atoms with Gasteiger partial charge in [0.2, 0.25) is 0 Å². The third-order valence-electron chi connectivity index (χ3n) is 4.67. The minimum Gasteiger partial charge on any atom is -0.423 e.